The van der Waals surface area contributed by atoms with Gasteiger partial charge in [-0.15, -0.1) is 0 Å². The van der Waals surface area contributed by atoms with Crippen LogP contribution in [0.3, 0.4) is 0 Å². The van der Waals surface area contributed by atoms with Crippen molar-refractivity contribution in [2.24, 2.45) is 0 Å². The molecule has 2 amide bonds. The topological polar surface area (TPSA) is 78.4 Å². The number of carbonyl (C=O) groups excluding carboxylic acids is 2. The molecule has 0 unspecified atom stereocenters. The molecule has 108 valence electrons. The van der Waals surface area contributed by atoms with Gasteiger partial charge in [0.15, 0.2) is 0 Å². The number of hydrogen-bond acceptors (Lipinski definition) is 3. The van der Waals surface area contributed by atoms with E-state index in [9.17, 15) is 9.59 Å². The number of amides is 2. The number of nitrogens with one attached hydrogen (secondary N) is 2. The van der Waals surface area contributed by atoms with E-state index in [0.29, 0.717) is 13.0 Å². The second-order valence-electron chi connectivity index (χ2n) is 4.36. The second kappa shape index (κ2) is 8.87. The molecule has 5 nitrogen and oxygen atoms in total. The van der Waals surface area contributed by atoms with Crippen LogP contribution >= 0.6 is 0 Å². The zero-order valence-electron chi connectivity index (χ0n) is 11.6. The van der Waals surface area contributed by atoms with E-state index in [1.54, 1.807) is 6.08 Å². The summed E-state index contributed by atoms with van der Waals surface area (Å²) in [6.45, 7) is 2.57. The molecular weight excluding hydrogens is 256 g/mol. The van der Waals surface area contributed by atoms with E-state index in [1.807, 2.05) is 31.2 Å². The third-order valence-corrected chi connectivity index (χ3v) is 2.76. The highest BCUT2D eigenvalue weighted by Crippen LogP contribution is 2.09. The first-order chi connectivity index (χ1) is 9.65. The van der Waals surface area contributed by atoms with Gasteiger partial charge >= 0.3 is 0 Å². The Balaban J connectivity index is 2.41. The van der Waals surface area contributed by atoms with E-state index in [1.165, 1.54) is 11.6 Å². The van der Waals surface area contributed by atoms with Crippen molar-refractivity contribution in [3.63, 3.8) is 0 Å². The van der Waals surface area contributed by atoms with Crippen LogP contribution in [0.5, 0.6) is 0 Å². The van der Waals surface area contributed by atoms with Crippen molar-refractivity contribution in [2.75, 3.05) is 6.54 Å². The van der Waals surface area contributed by atoms with Gasteiger partial charge in [-0.3, -0.25) is 14.8 Å². The van der Waals surface area contributed by atoms with Crippen molar-refractivity contribution >= 4 is 17.9 Å². The number of carbonyl (C=O) groups is 2. The maximum Gasteiger partial charge on any atom is 0.267 e. The maximum absolute atomic E-state index is 11.3. The van der Waals surface area contributed by atoms with Crippen LogP contribution < -0.4 is 10.8 Å². The van der Waals surface area contributed by atoms with Gasteiger partial charge in [0, 0.05) is 19.0 Å². The van der Waals surface area contributed by atoms with Crippen LogP contribution in [0.25, 0.3) is 6.08 Å². The fraction of sp³-hybridized carbons (Fsp3) is 0.333. The standard InChI is InChI=1S/C15H20N2O3/c1-2-16-14(18)5-3-4-12-6-8-13(9-7-12)10-11-15(19)17-20/h6-11,20H,2-5H2,1H3,(H,16,18)(H,17,19). The monoisotopic (exact) mass is 276 g/mol. The summed E-state index contributed by atoms with van der Waals surface area (Å²) in [5.41, 5.74) is 3.56. The van der Waals surface area contributed by atoms with E-state index in [0.717, 1.165) is 24.0 Å². The molecule has 1 rings (SSSR count). The summed E-state index contributed by atoms with van der Waals surface area (Å²) in [6, 6.07) is 7.72. The Kier molecular flexibility index (Phi) is 7.06. The highest BCUT2D eigenvalue weighted by molar-refractivity contribution is 5.90. The fourth-order valence-electron chi connectivity index (χ4n) is 1.74. The predicted octanol–water partition coefficient (Wildman–Crippen LogP) is 1.66. The number of benzene rings is 1. The Labute approximate surface area is 118 Å². The van der Waals surface area contributed by atoms with Gasteiger partial charge in [-0.05, 0) is 37.0 Å². The molecule has 0 aliphatic rings. The van der Waals surface area contributed by atoms with Crippen LogP contribution in [-0.4, -0.2) is 23.6 Å². The van der Waals surface area contributed by atoms with Crippen LogP contribution in [0, 0.1) is 0 Å². The second-order valence-corrected chi connectivity index (χ2v) is 4.36. The Bertz CT molecular complexity index is 467. The lowest BCUT2D eigenvalue weighted by molar-refractivity contribution is -0.124. The SMILES string of the molecule is CCNC(=O)CCCc1ccc(C=CC(=O)NO)cc1. The summed E-state index contributed by atoms with van der Waals surface area (Å²) in [7, 11) is 0. The zero-order valence-corrected chi connectivity index (χ0v) is 11.6. The largest absolute Gasteiger partial charge is 0.356 e. The van der Waals surface area contributed by atoms with E-state index in [2.05, 4.69) is 5.32 Å². The molecule has 0 atom stereocenters. The molecule has 1 aromatic rings. The molecule has 0 saturated heterocycles. The first-order valence-corrected chi connectivity index (χ1v) is 6.63. The van der Waals surface area contributed by atoms with Crippen molar-refractivity contribution in [1.29, 1.82) is 0 Å². The minimum Gasteiger partial charge on any atom is -0.356 e. The van der Waals surface area contributed by atoms with Crippen molar-refractivity contribution in [3.05, 3.63) is 41.5 Å². The van der Waals surface area contributed by atoms with Gasteiger partial charge in [-0.1, -0.05) is 24.3 Å². The molecule has 0 aromatic heterocycles. The summed E-state index contributed by atoms with van der Waals surface area (Å²) in [4.78, 5) is 22.1. The maximum atomic E-state index is 11.3. The normalized spacial score (nSPS) is 10.5. The molecule has 0 fully saturated rings. The zero-order chi connectivity index (χ0) is 14.8. The van der Waals surface area contributed by atoms with E-state index < -0.39 is 5.91 Å². The van der Waals surface area contributed by atoms with Crippen LogP contribution in [0.15, 0.2) is 30.3 Å². The van der Waals surface area contributed by atoms with Crippen molar-refractivity contribution in [2.45, 2.75) is 26.2 Å². The molecule has 0 heterocycles. The molecule has 0 radical (unpaired) electrons. The number of aryl methyl sites for hydroxylation is 1. The van der Waals surface area contributed by atoms with Gasteiger partial charge < -0.3 is 5.32 Å². The number of hydroxylamine groups is 1. The molecule has 3 N–H and O–H groups in total. The number of hydrogen-bond donors (Lipinski definition) is 3. The lowest BCUT2D eigenvalue weighted by Crippen LogP contribution is -2.22. The fourth-order valence-corrected chi connectivity index (χ4v) is 1.74. The third kappa shape index (κ3) is 6.15. The van der Waals surface area contributed by atoms with Crippen LogP contribution in [-0.2, 0) is 16.0 Å². The van der Waals surface area contributed by atoms with Gasteiger partial charge in [0.2, 0.25) is 5.91 Å². The molecule has 0 aliphatic heterocycles. The average Bonchev–Trinajstić information content (AvgIpc) is 2.46. The molecule has 0 saturated carbocycles. The van der Waals surface area contributed by atoms with Gasteiger partial charge in [0.05, 0.1) is 0 Å². The minimum atomic E-state index is -0.559. The first-order valence-electron chi connectivity index (χ1n) is 6.63. The molecular formula is C15H20N2O3. The molecule has 5 heteroatoms. The van der Waals surface area contributed by atoms with Gasteiger partial charge in [-0.25, -0.2) is 5.48 Å². The summed E-state index contributed by atoms with van der Waals surface area (Å²) in [5.74, 6) is -0.474. The molecule has 0 spiro atoms. The van der Waals surface area contributed by atoms with Crippen LogP contribution in [0.2, 0.25) is 0 Å². The Morgan fingerprint density at radius 1 is 1.25 bits per heavy atom. The first kappa shape index (κ1) is 15.9. The summed E-state index contributed by atoms with van der Waals surface area (Å²) >= 11 is 0. The highest BCUT2D eigenvalue weighted by Gasteiger charge is 2.00. The number of rotatable bonds is 7. The molecule has 0 bridgehead atoms. The summed E-state index contributed by atoms with van der Waals surface area (Å²) in [5, 5.41) is 11.1. The van der Waals surface area contributed by atoms with Gasteiger partial charge in [0.1, 0.15) is 0 Å². The minimum absolute atomic E-state index is 0.0852. The summed E-state index contributed by atoms with van der Waals surface area (Å²) < 4.78 is 0. The molecule has 0 aliphatic carbocycles. The third-order valence-electron chi connectivity index (χ3n) is 2.76. The lowest BCUT2D eigenvalue weighted by Gasteiger charge is -2.03. The highest BCUT2D eigenvalue weighted by atomic mass is 16.5. The Morgan fingerprint density at radius 3 is 2.55 bits per heavy atom. The summed E-state index contributed by atoms with van der Waals surface area (Å²) in [6.07, 6.45) is 5.06. The quantitative estimate of drug-likeness (QED) is 0.402. The van der Waals surface area contributed by atoms with Crippen molar-refractivity contribution in [3.8, 4) is 0 Å². The van der Waals surface area contributed by atoms with E-state index in [-0.39, 0.29) is 5.91 Å². The lowest BCUT2D eigenvalue weighted by atomic mass is 10.1. The van der Waals surface area contributed by atoms with E-state index in [4.69, 9.17) is 5.21 Å². The Hall–Kier alpha value is -2.14. The van der Waals surface area contributed by atoms with Crippen LogP contribution in [0.1, 0.15) is 30.9 Å². The van der Waals surface area contributed by atoms with Crippen LogP contribution in [0.4, 0.5) is 0 Å². The van der Waals surface area contributed by atoms with Gasteiger partial charge in [-0.2, -0.15) is 0 Å². The van der Waals surface area contributed by atoms with Crippen molar-refractivity contribution in [1.82, 2.24) is 10.8 Å². The molecule has 1 aromatic carbocycles. The van der Waals surface area contributed by atoms with Gasteiger partial charge in [0.25, 0.3) is 5.91 Å². The predicted molar refractivity (Wildman–Crippen MR) is 77.0 cm³/mol. The average molecular weight is 276 g/mol. The smallest absolute Gasteiger partial charge is 0.267 e. The van der Waals surface area contributed by atoms with Crippen molar-refractivity contribution < 1.29 is 14.8 Å². The van der Waals surface area contributed by atoms with E-state index >= 15 is 0 Å². The Morgan fingerprint density at radius 2 is 1.95 bits per heavy atom. The molecule has 20 heavy (non-hydrogen) atoms.